The van der Waals surface area contributed by atoms with Crippen LogP contribution in [0.1, 0.15) is 26.2 Å². The number of amides is 1. The van der Waals surface area contributed by atoms with Crippen LogP contribution in [0.3, 0.4) is 0 Å². The SMILES string of the molecule is CC(C(=O)O)N(C(=O)CCOc1cccc(Br)c1)C1CC1. The molecule has 0 aliphatic heterocycles. The highest BCUT2D eigenvalue weighted by Crippen LogP contribution is 2.29. The smallest absolute Gasteiger partial charge is 0.326 e. The molecular formula is C15H18BrNO4. The average molecular weight is 356 g/mol. The minimum atomic E-state index is -0.969. The van der Waals surface area contributed by atoms with Crippen LogP contribution in [0, 0.1) is 0 Å². The quantitative estimate of drug-likeness (QED) is 0.816. The fraction of sp³-hybridized carbons (Fsp3) is 0.467. The van der Waals surface area contributed by atoms with Gasteiger partial charge >= 0.3 is 5.97 Å². The molecule has 2 rings (SSSR count). The lowest BCUT2D eigenvalue weighted by Gasteiger charge is -2.26. The van der Waals surface area contributed by atoms with Crippen molar-refractivity contribution in [3.05, 3.63) is 28.7 Å². The zero-order valence-electron chi connectivity index (χ0n) is 11.8. The summed E-state index contributed by atoms with van der Waals surface area (Å²) in [5.74, 6) is -0.452. The number of hydrogen-bond acceptors (Lipinski definition) is 3. The molecule has 0 bridgehead atoms. The fourth-order valence-corrected chi connectivity index (χ4v) is 2.53. The largest absolute Gasteiger partial charge is 0.493 e. The number of carbonyl (C=O) groups is 2. The molecule has 0 saturated heterocycles. The van der Waals surface area contributed by atoms with E-state index in [-0.39, 0.29) is 25.0 Å². The highest BCUT2D eigenvalue weighted by atomic mass is 79.9. The summed E-state index contributed by atoms with van der Waals surface area (Å²) in [6.07, 6.45) is 1.95. The molecule has 1 atom stereocenters. The van der Waals surface area contributed by atoms with Gasteiger partial charge in [-0.25, -0.2) is 4.79 Å². The van der Waals surface area contributed by atoms with Crippen molar-refractivity contribution in [3.63, 3.8) is 0 Å². The topological polar surface area (TPSA) is 66.8 Å². The van der Waals surface area contributed by atoms with Gasteiger partial charge in [-0.3, -0.25) is 4.79 Å². The number of ether oxygens (including phenoxy) is 1. The van der Waals surface area contributed by atoms with Crippen molar-refractivity contribution in [1.82, 2.24) is 4.90 Å². The van der Waals surface area contributed by atoms with Crippen LogP contribution in [0.2, 0.25) is 0 Å². The number of carbonyl (C=O) groups excluding carboxylic acids is 1. The lowest BCUT2D eigenvalue weighted by Crippen LogP contribution is -2.45. The van der Waals surface area contributed by atoms with Gasteiger partial charge < -0.3 is 14.7 Å². The Morgan fingerprint density at radius 2 is 2.19 bits per heavy atom. The molecule has 1 unspecified atom stereocenters. The highest BCUT2D eigenvalue weighted by Gasteiger charge is 2.37. The first-order valence-electron chi connectivity index (χ1n) is 6.91. The van der Waals surface area contributed by atoms with Crippen LogP contribution in [0.25, 0.3) is 0 Å². The zero-order valence-corrected chi connectivity index (χ0v) is 13.4. The summed E-state index contributed by atoms with van der Waals surface area (Å²) >= 11 is 3.35. The van der Waals surface area contributed by atoms with E-state index < -0.39 is 12.0 Å². The number of hydrogen-bond donors (Lipinski definition) is 1. The van der Waals surface area contributed by atoms with Gasteiger partial charge in [0.05, 0.1) is 13.0 Å². The highest BCUT2D eigenvalue weighted by molar-refractivity contribution is 9.10. The van der Waals surface area contributed by atoms with E-state index in [1.165, 1.54) is 4.90 Å². The maximum Gasteiger partial charge on any atom is 0.326 e. The van der Waals surface area contributed by atoms with Gasteiger partial charge in [0.2, 0.25) is 5.91 Å². The first-order valence-corrected chi connectivity index (χ1v) is 7.70. The van der Waals surface area contributed by atoms with Gasteiger partial charge in [-0.1, -0.05) is 22.0 Å². The van der Waals surface area contributed by atoms with Crippen LogP contribution >= 0.6 is 15.9 Å². The van der Waals surface area contributed by atoms with Gasteiger partial charge in [0, 0.05) is 10.5 Å². The first-order chi connectivity index (χ1) is 9.99. The molecule has 1 amide bonds. The lowest BCUT2D eigenvalue weighted by molar-refractivity contribution is -0.150. The van der Waals surface area contributed by atoms with Gasteiger partial charge in [0.1, 0.15) is 11.8 Å². The van der Waals surface area contributed by atoms with Gasteiger partial charge in [-0.15, -0.1) is 0 Å². The molecular weight excluding hydrogens is 338 g/mol. The summed E-state index contributed by atoms with van der Waals surface area (Å²) in [4.78, 5) is 24.8. The van der Waals surface area contributed by atoms with E-state index in [2.05, 4.69) is 15.9 Å². The monoisotopic (exact) mass is 355 g/mol. The van der Waals surface area contributed by atoms with Gasteiger partial charge in [0.25, 0.3) is 0 Å². The Kier molecular flexibility index (Phi) is 5.22. The number of aliphatic carboxylic acids is 1. The Morgan fingerprint density at radius 1 is 1.48 bits per heavy atom. The molecule has 1 aromatic rings. The normalized spacial score (nSPS) is 15.3. The minimum Gasteiger partial charge on any atom is -0.493 e. The predicted octanol–water partition coefficient (Wildman–Crippen LogP) is 2.68. The summed E-state index contributed by atoms with van der Waals surface area (Å²) in [6.45, 7) is 1.79. The molecule has 1 aromatic carbocycles. The molecule has 21 heavy (non-hydrogen) atoms. The molecule has 1 aliphatic carbocycles. The Balaban J connectivity index is 1.86. The Labute approximate surface area is 132 Å². The molecule has 1 saturated carbocycles. The van der Waals surface area contributed by atoms with Crippen LogP contribution < -0.4 is 4.74 Å². The second kappa shape index (κ2) is 6.93. The van der Waals surface area contributed by atoms with Gasteiger partial charge in [-0.2, -0.15) is 0 Å². The van der Waals surface area contributed by atoms with E-state index in [4.69, 9.17) is 9.84 Å². The lowest BCUT2D eigenvalue weighted by atomic mass is 10.2. The van der Waals surface area contributed by atoms with Crippen molar-refractivity contribution in [2.24, 2.45) is 0 Å². The second-order valence-corrected chi connectivity index (χ2v) is 6.02. The summed E-state index contributed by atoms with van der Waals surface area (Å²) in [5, 5.41) is 9.08. The maximum absolute atomic E-state index is 12.2. The first kappa shape index (κ1) is 15.8. The number of halogens is 1. The fourth-order valence-electron chi connectivity index (χ4n) is 2.15. The molecule has 5 nitrogen and oxygen atoms in total. The summed E-state index contributed by atoms with van der Waals surface area (Å²) in [7, 11) is 0. The zero-order chi connectivity index (χ0) is 15.4. The molecule has 0 radical (unpaired) electrons. The molecule has 1 fully saturated rings. The molecule has 114 valence electrons. The molecule has 0 heterocycles. The standard InChI is InChI=1S/C15H18BrNO4/c1-10(15(19)20)17(12-5-6-12)14(18)7-8-21-13-4-2-3-11(16)9-13/h2-4,9-10,12H,5-8H2,1H3,(H,19,20). The third-order valence-corrected chi connectivity index (χ3v) is 3.88. The average Bonchev–Trinajstić information content (AvgIpc) is 3.23. The number of carboxylic acids is 1. The van der Waals surface area contributed by atoms with Crippen molar-refractivity contribution in [2.75, 3.05) is 6.61 Å². The molecule has 0 aromatic heterocycles. The van der Waals surface area contributed by atoms with E-state index in [1.807, 2.05) is 24.3 Å². The van der Waals surface area contributed by atoms with Crippen LogP contribution in [0.15, 0.2) is 28.7 Å². The van der Waals surface area contributed by atoms with Crippen LogP contribution in [0.4, 0.5) is 0 Å². The molecule has 1 aliphatic rings. The Bertz CT molecular complexity index is 530. The van der Waals surface area contributed by atoms with Crippen LogP contribution in [-0.2, 0) is 9.59 Å². The molecule has 6 heteroatoms. The summed E-state index contributed by atoms with van der Waals surface area (Å²) in [5.41, 5.74) is 0. The van der Waals surface area contributed by atoms with Crippen molar-refractivity contribution in [3.8, 4) is 5.75 Å². The summed E-state index contributed by atoms with van der Waals surface area (Å²) < 4.78 is 6.43. The van der Waals surface area contributed by atoms with E-state index in [0.29, 0.717) is 5.75 Å². The van der Waals surface area contributed by atoms with Crippen molar-refractivity contribution < 1.29 is 19.4 Å². The molecule has 0 spiro atoms. The molecule has 1 N–H and O–H groups in total. The van der Waals surface area contributed by atoms with Crippen LogP contribution in [0.5, 0.6) is 5.75 Å². The minimum absolute atomic E-state index is 0.0782. The second-order valence-electron chi connectivity index (χ2n) is 5.10. The van der Waals surface area contributed by atoms with Crippen molar-refractivity contribution in [1.29, 1.82) is 0 Å². The van der Waals surface area contributed by atoms with Crippen molar-refractivity contribution in [2.45, 2.75) is 38.3 Å². The van der Waals surface area contributed by atoms with Gasteiger partial charge in [-0.05, 0) is 38.0 Å². The maximum atomic E-state index is 12.2. The Hall–Kier alpha value is -1.56. The van der Waals surface area contributed by atoms with E-state index in [1.54, 1.807) is 6.92 Å². The third kappa shape index (κ3) is 4.46. The Morgan fingerprint density at radius 3 is 2.76 bits per heavy atom. The van der Waals surface area contributed by atoms with Crippen LogP contribution in [-0.4, -0.2) is 40.6 Å². The third-order valence-electron chi connectivity index (χ3n) is 3.38. The van der Waals surface area contributed by atoms with Crippen molar-refractivity contribution >= 4 is 27.8 Å². The van der Waals surface area contributed by atoms with E-state index in [0.717, 1.165) is 17.3 Å². The van der Waals surface area contributed by atoms with E-state index in [9.17, 15) is 9.59 Å². The predicted molar refractivity (Wildman–Crippen MR) is 81.2 cm³/mol. The van der Waals surface area contributed by atoms with E-state index >= 15 is 0 Å². The number of benzene rings is 1. The number of nitrogens with zero attached hydrogens (tertiary/aromatic N) is 1. The number of carboxylic acid groups (broad SMARTS) is 1. The summed E-state index contributed by atoms with van der Waals surface area (Å²) in [6, 6.07) is 6.67. The number of rotatable bonds is 7. The van der Waals surface area contributed by atoms with Gasteiger partial charge in [0.15, 0.2) is 0 Å².